The number of benzene rings is 3. The first-order chi connectivity index (χ1) is 15.6. The number of thiazole rings is 1. The van der Waals surface area contributed by atoms with Crippen molar-refractivity contribution in [1.82, 2.24) is 10.4 Å². The number of carbonyl (C=O) groups excluding carboxylic acids is 1. The van der Waals surface area contributed by atoms with E-state index in [0.29, 0.717) is 16.3 Å². The molecule has 3 aromatic carbocycles. The Balaban J connectivity index is 1.28. The molecule has 0 atom stereocenters. The normalized spacial score (nSPS) is 11.2. The standard InChI is InChI=1S/C23H17ClFN3O2S2/c24-18-7-4-8-19(25)17(18)13-30-16-6-3-5-15(11-16)12-26-28-22(29)14-31-23-27-20-9-1-2-10-21(20)32-23/h1-12H,13-14H2,(H,28,29)/b26-12+. The number of halogens is 2. The Morgan fingerprint density at radius 2 is 2.03 bits per heavy atom. The molecule has 0 radical (unpaired) electrons. The number of nitrogens with one attached hydrogen (secondary N) is 1. The molecule has 0 aliphatic heterocycles. The van der Waals surface area contributed by atoms with Crippen LogP contribution in [0.2, 0.25) is 5.02 Å². The molecule has 1 aromatic heterocycles. The van der Waals surface area contributed by atoms with E-state index in [1.54, 1.807) is 41.7 Å². The molecule has 162 valence electrons. The average molecular weight is 486 g/mol. The van der Waals surface area contributed by atoms with Gasteiger partial charge in [0.15, 0.2) is 4.34 Å². The van der Waals surface area contributed by atoms with E-state index in [-0.39, 0.29) is 18.3 Å². The van der Waals surface area contributed by atoms with Gasteiger partial charge in [-0.05, 0) is 42.0 Å². The van der Waals surface area contributed by atoms with Crippen molar-refractivity contribution >= 4 is 57.0 Å². The minimum Gasteiger partial charge on any atom is -0.489 e. The molecular formula is C23H17ClFN3O2S2. The maximum atomic E-state index is 13.9. The average Bonchev–Trinajstić information content (AvgIpc) is 3.21. The number of hydrazone groups is 1. The van der Waals surface area contributed by atoms with Crippen LogP contribution in [-0.4, -0.2) is 22.9 Å². The third-order valence-electron chi connectivity index (χ3n) is 4.31. The zero-order valence-electron chi connectivity index (χ0n) is 16.6. The molecule has 0 spiro atoms. The molecule has 32 heavy (non-hydrogen) atoms. The highest BCUT2D eigenvalue weighted by Crippen LogP contribution is 2.29. The van der Waals surface area contributed by atoms with E-state index in [1.165, 1.54) is 24.0 Å². The minimum absolute atomic E-state index is 0.00578. The summed E-state index contributed by atoms with van der Waals surface area (Å²) >= 11 is 8.95. The Kier molecular flexibility index (Phi) is 7.36. The van der Waals surface area contributed by atoms with E-state index in [9.17, 15) is 9.18 Å². The van der Waals surface area contributed by atoms with Crippen LogP contribution in [0, 0.1) is 5.82 Å². The molecule has 4 aromatic rings. The topological polar surface area (TPSA) is 63.6 Å². The maximum Gasteiger partial charge on any atom is 0.250 e. The molecule has 9 heteroatoms. The second-order valence-corrected chi connectivity index (χ2v) is 9.25. The van der Waals surface area contributed by atoms with E-state index >= 15 is 0 Å². The summed E-state index contributed by atoms with van der Waals surface area (Å²) in [6, 6.07) is 19.4. The lowest BCUT2D eigenvalue weighted by Gasteiger charge is -2.09. The Bertz CT molecular complexity index is 1230. The highest BCUT2D eigenvalue weighted by atomic mass is 35.5. The van der Waals surface area contributed by atoms with Crippen LogP contribution in [0.15, 0.2) is 76.2 Å². The van der Waals surface area contributed by atoms with Gasteiger partial charge in [-0.15, -0.1) is 11.3 Å². The summed E-state index contributed by atoms with van der Waals surface area (Å²) in [5, 5.41) is 4.31. The fraction of sp³-hybridized carbons (Fsp3) is 0.0870. The summed E-state index contributed by atoms with van der Waals surface area (Å²) in [6.07, 6.45) is 1.52. The van der Waals surface area contributed by atoms with E-state index in [4.69, 9.17) is 16.3 Å². The number of carbonyl (C=O) groups is 1. The summed E-state index contributed by atoms with van der Waals surface area (Å²) in [7, 11) is 0. The summed E-state index contributed by atoms with van der Waals surface area (Å²) in [5.41, 5.74) is 4.46. The van der Waals surface area contributed by atoms with Gasteiger partial charge in [0.05, 0.1) is 27.2 Å². The van der Waals surface area contributed by atoms with Crippen LogP contribution in [0.4, 0.5) is 4.39 Å². The predicted molar refractivity (Wildman–Crippen MR) is 128 cm³/mol. The van der Waals surface area contributed by atoms with Crippen molar-refractivity contribution in [2.24, 2.45) is 5.10 Å². The van der Waals surface area contributed by atoms with Gasteiger partial charge in [0, 0.05) is 5.56 Å². The fourth-order valence-corrected chi connectivity index (χ4v) is 4.84. The number of para-hydroxylation sites is 1. The van der Waals surface area contributed by atoms with Gasteiger partial charge < -0.3 is 4.74 Å². The summed E-state index contributed by atoms with van der Waals surface area (Å²) in [6.45, 7) is 0.00578. The molecule has 1 amide bonds. The minimum atomic E-state index is -0.415. The van der Waals surface area contributed by atoms with Crippen LogP contribution in [0.25, 0.3) is 10.2 Å². The van der Waals surface area contributed by atoms with Crippen LogP contribution >= 0.6 is 34.7 Å². The highest BCUT2D eigenvalue weighted by Gasteiger charge is 2.08. The number of aromatic nitrogens is 1. The number of rotatable bonds is 8. The van der Waals surface area contributed by atoms with Crippen LogP contribution in [-0.2, 0) is 11.4 Å². The van der Waals surface area contributed by atoms with Gasteiger partial charge in [0.25, 0.3) is 5.91 Å². The monoisotopic (exact) mass is 485 g/mol. The molecule has 1 N–H and O–H groups in total. The largest absolute Gasteiger partial charge is 0.489 e. The summed E-state index contributed by atoms with van der Waals surface area (Å²) < 4.78 is 21.4. The summed E-state index contributed by atoms with van der Waals surface area (Å²) in [4.78, 5) is 16.6. The van der Waals surface area contributed by atoms with Gasteiger partial charge >= 0.3 is 0 Å². The first kappa shape index (κ1) is 22.3. The second kappa shape index (κ2) is 10.6. The number of amides is 1. The van der Waals surface area contributed by atoms with Gasteiger partial charge in [-0.25, -0.2) is 14.8 Å². The molecule has 0 bridgehead atoms. The van der Waals surface area contributed by atoms with Crippen molar-refractivity contribution in [2.45, 2.75) is 10.9 Å². The lowest BCUT2D eigenvalue weighted by atomic mass is 10.2. The Labute approximate surface area is 197 Å². The molecule has 0 saturated carbocycles. The molecule has 0 aliphatic carbocycles. The van der Waals surface area contributed by atoms with Gasteiger partial charge in [0.2, 0.25) is 0 Å². The van der Waals surface area contributed by atoms with Crippen molar-refractivity contribution in [3.63, 3.8) is 0 Å². The van der Waals surface area contributed by atoms with E-state index in [2.05, 4.69) is 15.5 Å². The zero-order valence-corrected chi connectivity index (χ0v) is 19.0. The lowest BCUT2D eigenvalue weighted by molar-refractivity contribution is -0.118. The molecular weight excluding hydrogens is 469 g/mol. The first-order valence-corrected chi connectivity index (χ1v) is 11.7. The number of hydrogen-bond acceptors (Lipinski definition) is 6. The molecule has 4 rings (SSSR count). The van der Waals surface area contributed by atoms with E-state index in [0.717, 1.165) is 20.1 Å². The van der Waals surface area contributed by atoms with Crippen molar-refractivity contribution in [3.05, 3.63) is 88.7 Å². The number of ether oxygens (including phenoxy) is 1. The maximum absolute atomic E-state index is 13.9. The number of nitrogens with zero attached hydrogens (tertiary/aromatic N) is 2. The third-order valence-corrected chi connectivity index (χ3v) is 6.84. The van der Waals surface area contributed by atoms with Gasteiger partial charge in [-0.3, -0.25) is 4.79 Å². The van der Waals surface area contributed by atoms with Crippen LogP contribution in [0.3, 0.4) is 0 Å². The lowest BCUT2D eigenvalue weighted by Crippen LogP contribution is -2.19. The van der Waals surface area contributed by atoms with Gasteiger partial charge in [-0.1, -0.05) is 53.7 Å². The Morgan fingerprint density at radius 3 is 2.88 bits per heavy atom. The summed E-state index contributed by atoms with van der Waals surface area (Å²) in [5.74, 6) is 0.101. The smallest absolute Gasteiger partial charge is 0.250 e. The number of hydrogen-bond donors (Lipinski definition) is 1. The van der Waals surface area contributed by atoms with Crippen molar-refractivity contribution in [3.8, 4) is 5.75 Å². The van der Waals surface area contributed by atoms with Crippen molar-refractivity contribution < 1.29 is 13.9 Å². The highest BCUT2D eigenvalue weighted by molar-refractivity contribution is 8.01. The van der Waals surface area contributed by atoms with E-state index < -0.39 is 5.82 Å². The van der Waals surface area contributed by atoms with Gasteiger partial charge in [0.1, 0.15) is 18.2 Å². The Hall–Kier alpha value is -2.94. The van der Waals surface area contributed by atoms with Crippen LogP contribution in [0.1, 0.15) is 11.1 Å². The second-order valence-electron chi connectivity index (χ2n) is 6.59. The van der Waals surface area contributed by atoms with Crippen LogP contribution < -0.4 is 10.2 Å². The third kappa shape index (κ3) is 5.85. The quantitative estimate of drug-likeness (QED) is 0.191. The van der Waals surface area contributed by atoms with E-state index in [1.807, 2.05) is 30.3 Å². The molecule has 1 heterocycles. The van der Waals surface area contributed by atoms with Crippen LogP contribution in [0.5, 0.6) is 5.75 Å². The zero-order chi connectivity index (χ0) is 22.3. The SMILES string of the molecule is O=C(CSc1nc2ccccc2s1)N/N=C/c1cccc(OCc2c(F)cccc2Cl)c1. The molecule has 5 nitrogen and oxygen atoms in total. The van der Waals surface area contributed by atoms with Crippen molar-refractivity contribution in [1.29, 1.82) is 0 Å². The first-order valence-electron chi connectivity index (χ1n) is 9.54. The number of fused-ring (bicyclic) bond motifs is 1. The predicted octanol–water partition coefficient (Wildman–Crippen LogP) is 5.91. The molecule has 0 aliphatic rings. The Morgan fingerprint density at radius 1 is 1.19 bits per heavy atom. The molecule has 0 unspecified atom stereocenters. The molecule has 0 fully saturated rings. The molecule has 0 saturated heterocycles. The van der Waals surface area contributed by atoms with Gasteiger partial charge in [-0.2, -0.15) is 5.10 Å². The fourth-order valence-electron chi connectivity index (χ4n) is 2.76. The van der Waals surface area contributed by atoms with Crippen molar-refractivity contribution in [2.75, 3.05) is 5.75 Å². The number of thioether (sulfide) groups is 1.